The highest BCUT2D eigenvalue weighted by Crippen LogP contribution is 2.40. The molecule has 1 aromatic carbocycles. The minimum atomic E-state index is -0.394. The van der Waals surface area contributed by atoms with E-state index in [4.69, 9.17) is 0 Å². The highest BCUT2D eigenvalue weighted by molar-refractivity contribution is 6.34. The molecule has 1 saturated heterocycles. The monoisotopic (exact) mass is 371 g/mol. The molecule has 1 aromatic rings. The first-order chi connectivity index (χ1) is 13.0. The lowest BCUT2D eigenvalue weighted by molar-refractivity contribution is -0.127. The molecule has 3 aliphatic rings. The van der Waals surface area contributed by atoms with Crippen molar-refractivity contribution in [3.8, 4) is 0 Å². The Labute approximate surface area is 159 Å². The summed E-state index contributed by atoms with van der Waals surface area (Å²) in [7, 11) is 2.03. The molecule has 4 rings (SSSR count). The fourth-order valence-electron chi connectivity index (χ4n) is 4.38. The predicted molar refractivity (Wildman–Crippen MR) is 103 cm³/mol. The number of likely N-dealkylation sites (N-methyl/N-ethyl adjacent to an activating group) is 1. The molecule has 0 N–H and O–H groups in total. The van der Waals surface area contributed by atoms with Gasteiger partial charge in [-0.1, -0.05) is 25.0 Å². The SMILES string of the molecule is CN1CCN(C(=O)C=C2C(=O)N(CC3CCCC3)c3c(F)cccc32)CC1. The molecule has 6 heteroatoms. The summed E-state index contributed by atoms with van der Waals surface area (Å²) < 4.78 is 14.6. The second-order valence-electron chi connectivity index (χ2n) is 7.89. The third-order valence-electron chi connectivity index (χ3n) is 6.02. The molecule has 2 heterocycles. The van der Waals surface area contributed by atoms with E-state index in [1.807, 2.05) is 7.05 Å². The van der Waals surface area contributed by atoms with Crippen LogP contribution in [0.15, 0.2) is 24.3 Å². The van der Waals surface area contributed by atoms with Gasteiger partial charge in [-0.25, -0.2) is 4.39 Å². The van der Waals surface area contributed by atoms with Crippen LogP contribution < -0.4 is 4.90 Å². The van der Waals surface area contributed by atoms with Gasteiger partial charge in [-0.2, -0.15) is 0 Å². The second-order valence-corrected chi connectivity index (χ2v) is 7.89. The van der Waals surface area contributed by atoms with E-state index in [9.17, 15) is 14.0 Å². The van der Waals surface area contributed by atoms with Crippen molar-refractivity contribution in [3.05, 3.63) is 35.7 Å². The minimum Gasteiger partial charge on any atom is -0.337 e. The van der Waals surface area contributed by atoms with Crippen molar-refractivity contribution in [2.75, 3.05) is 44.7 Å². The molecule has 1 saturated carbocycles. The van der Waals surface area contributed by atoms with Crippen LogP contribution in [0.2, 0.25) is 0 Å². The van der Waals surface area contributed by atoms with E-state index in [0.717, 1.165) is 25.9 Å². The van der Waals surface area contributed by atoms with E-state index < -0.39 is 5.82 Å². The molecular weight excluding hydrogens is 345 g/mol. The Kier molecular flexibility index (Phi) is 5.00. The molecule has 144 valence electrons. The number of amides is 2. The molecule has 0 radical (unpaired) electrons. The Bertz CT molecular complexity index is 778. The third kappa shape index (κ3) is 3.50. The van der Waals surface area contributed by atoms with Gasteiger partial charge in [-0.15, -0.1) is 0 Å². The van der Waals surface area contributed by atoms with E-state index in [2.05, 4.69) is 4.90 Å². The number of hydrogen-bond acceptors (Lipinski definition) is 3. The average Bonchev–Trinajstić information content (AvgIpc) is 3.25. The first kappa shape index (κ1) is 18.2. The quantitative estimate of drug-likeness (QED) is 0.767. The third-order valence-corrected chi connectivity index (χ3v) is 6.02. The fourth-order valence-corrected chi connectivity index (χ4v) is 4.38. The van der Waals surface area contributed by atoms with Crippen LogP contribution in [0.4, 0.5) is 10.1 Å². The first-order valence-electron chi connectivity index (χ1n) is 9.84. The zero-order valence-electron chi connectivity index (χ0n) is 15.8. The Morgan fingerprint density at radius 3 is 2.59 bits per heavy atom. The molecule has 5 nitrogen and oxygen atoms in total. The van der Waals surface area contributed by atoms with Crippen LogP contribution in [-0.4, -0.2) is 61.4 Å². The van der Waals surface area contributed by atoms with Crippen LogP contribution in [0, 0.1) is 11.7 Å². The zero-order chi connectivity index (χ0) is 19.0. The van der Waals surface area contributed by atoms with Gasteiger partial charge in [0.2, 0.25) is 5.91 Å². The molecule has 1 aliphatic carbocycles. The van der Waals surface area contributed by atoms with Gasteiger partial charge in [0.25, 0.3) is 5.91 Å². The summed E-state index contributed by atoms with van der Waals surface area (Å²) >= 11 is 0. The van der Waals surface area contributed by atoms with E-state index in [1.54, 1.807) is 21.9 Å². The lowest BCUT2D eigenvalue weighted by atomic mass is 10.1. The fraction of sp³-hybridized carbons (Fsp3) is 0.524. The largest absolute Gasteiger partial charge is 0.337 e. The van der Waals surface area contributed by atoms with Gasteiger partial charge in [0.15, 0.2) is 0 Å². The number of hydrogen-bond donors (Lipinski definition) is 0. The van der Waals surface area contributed by atoms with E-state index in [1.165, 1.54) is 25.0 Å². The normalized spacial score (nSPS) is 22.7. The van der Waals surface area contributed by atoms with Crippen molar-refractivity contribution in [2.24, 2.45) is 5.92 Å². The summed E-state index contributed by atoms with van der Waals surface area (Å²) in [6, 6.07) is 4.74. The molecule has 2 amide bonds. The Hall–Kier alpha value is -2.21. The van der Waals surface area contributed by atoms with Gasteiger partial charge >= 0.3 is 0 Å². The summed E-state index contributed by atoms with van der Waals surface area (Å²) in [6.07, 6.45) is 5.91. The number of halogens is 1. The first-order valence-corrected chi connectivity index (χ1v) is 9.84. The van der Waals surface area contributed by atoms with Gasteiger partial charge in [0.05, 0.1) is 11.3 Å². The van der Waals surface area contributed by atoms with Crippen molar-refractivity contribution in [3.63, 3.8) is 0 Å². The molecule has 0 unspecified atom stereocenters. The minimum absolute atomic E-state index is 0.163. The smallest absolute Gasteiger partial charge is 0.259 e. The number of anilines is 1. The Balaban J connectivity index is 1.62. The standard InChI is InChI=1S/C21H26FN3O2/c1-23-9-11-24(12-10-23)19(26)13-17-16-7-4-8-18(22)20(16)25(21(17)27)14-15-5-2-3-6-15/h4,7-8,13,15H,2-3,5-6,9-12,14H2,1H3. The average molecular weight is 371 g/mol. The maximum Gasteiger partial charge on any atom is 0.259 e. The van der Waals surface area contributed by atoms with Crippen LogP contribution in [0.1, 0.15) is 31.2 Å². The van der Waals surface area contributed by atoms with E-state index in [-0.39, 0.29) is 11.8 Å². The van der Waals surface area contributed by atoms with Crippen LogP contribution in [-0.2, 0) is 9.59 Å². The number of nitrogens with zero attached hydrogens (tertiary/aromatic N) is 3. The van der Waals surface area contributed by atoms with Crippen molar-refractivity contribution >= 4 is 23.1 Å². The van der Waals surface area contributed by atoms with Crippen LogP contribution in [0.25, 0.3) is 5.57 Å². The lowest BCUT2D eigenvalue weighted by Crippen LogP contribution is -2.46. The number of rotatable bonds is 3. The van der Waals surface area contributed by atoms with Crippen molar-refractivity contribution in [1.82, 2.24) is 9.80 Å². The predicted octanol–water partition coefficient (Wildman–Crippen LogP) is 2.52. The highest BCUT2D eigenvalue weighted by Gasteiger charge is 2.37. The topological polar surface area (TPSA) is 43.9 Å². The number of benzene rings is 1. The maximum absolute atomic E-state index is 14.6. The number of carbonyl (C=O) groups excluding carboxylic acids is 2. The van der Waals surface area contributed by atoms with Crippen molar-refractivity contribution in [1.29, 1.82) is 0 Å². The lowest BCUT2D eigenvalue weighted by Gasteiger charge is -2.31. The molecule has 2 aliphatic heterocycles. The summed E-state index contributed by atoms with van der Waals surface area (Å²) in [4.78, 5) is 31.3. The van der Waals surface area contributed by atoms with Crippen LogP contribution in [0.3, 0.4) is 0 Å². The Morgan fingerprint density at radius 2 is 1.89 bits per heavy atom. The summed E-state index contributed by atoms with van der Waals surface area (Å²) in [5.74, 6) is -0.391. The number of piperazine rings is 1. The summed E-state index contributed by atoms with van der Waals surface area (Å²) in [5.41, 5.74) is 1.21. The van der Waals surface area contributed by atoms with Crippen LogP contribution >= 0.6 is 0 Å². The molecule has 0 spiro atoms. The molecule has 27 heavy (non-hydrogen) atoms. The highest BCUT2D eigenvalue weighted by atomic mass is 19.1. The molecule has 0 aromatic heterocycles. The van der Waals surface area contributed by atoms with Gasteiger partial charge in [-0.05, 0) is 31.9 Å². The Morgan fingerprint density at radius 1 is 1.19 bits per heavy atom. The second kappa shape index (κ2) is 7.43. The molecule has 0 atom stereocenters. The zero-order valence-corrected chi connectivity index (χ0v) is 15.8. The van der Waals surface area contributed by atoms with E-state index in [0.29, 0.717) is 42.4 Å². The van der Waals surface area contributed by atoms with Gasteiger partial charge < -0.3 is 14.7 Å². The van der Waals surface area contributed by atoms with Gasteiger partial charge in [0.1, 0.15) is 5.82 Å². The van der Waals surface area contributed by atoms with Gasteiger partial charge in [0, 0.05) is 44.4 Å². The molecule has 2 fully saturated rings. The van der Waals surface area contributed by atoms with Crippen molar-refractivity contribution < 1.29 is 14.0 Å². The number of para-hydroxylation sites is 1. The summed E-state index contributed by atoms with van der Waals surface area (Å²) in [6.45, 7) is 3.47. The van der Waals surface area contributed by atoms with Crippen LogP contribution in [0.5, 0.6) is 0 Å². The molecule has 0 bridgehead atoms. The van der Waals surface area contributed by atoms with E-state index >= 15 is 0 Å². The number of fused-ring (bicyclic) bond motifs is 1. The number of carbonyl (C=O) groups is 2. The van der Waals surface area contributed by atoms with Crippen molar-refractivity contribution in [2.45, 2.75) is 25.7 Å². The van der Waals surface area contributed by atoms with Gasteiger partial charge in [-0.3, -0.25) is 9.59 Å². The molecular formula is C21H26FN3O2. The maximum atomic E-state index is 14.6. The summed E-state index contributed by atoms with van der Waals surface area (Å²) in [5, 5.41) is 0.